The summed E-state index contributed by atoms with van der Waals surface area (Å²) in [4.78, 5) is 28.0. The van der Waals surface area contributed by atoms with Gasteiger partial charge in [-0.2, -0.15) is 0 Å². The molecule has 0 bridgehead atoms. The van der Waals surface area contributed by atoms with Gasteiger partial charge in [0.05, 0.1) is 11.6 Å². The van der Waals surface area contributed by atoms with Gasteiger partial charge in [0.1, 0.15) is 4.90 Å². The number of nitrogens with zero attached hydrogens (tertiary/aromatic N) is 1. The fraction of sp³-hybridized carbons (Fsp3) is 0.118. The molecule has 8 nitrogen and oxygen atoms in total. The second-order valence-corrected chi connectivity index (χ2v) is 7.26. The summed E-state index contributed by atoms with van der Waals surface area (Å²) in [6, 6.07) is 14.8. The van der Waals surface area contributed by atoms with Crippen molar-refractivity contribution in [3.63, 3.8) is 0 Å². The van der Waals surface area contributed by atoms with E-state index in [9.17, 15) is 18.0 Å². The van der Waals surface area contributed by atoms with Gasteiger partial charge in [0.2, 0.25) is 11.7 Å². The molecule has 0 saturated carbocycles. The fourth-order valence-corrected chi connectivity index (χ4v) is 3.70. The highest BCUT2D eigenvalue weighted by atomic mass is 32.2. The van der Waals surface area contributed by atoms with Gasteiger partial charge in [-0.1, -0.05) is 42.5 Å². The highest BCUT2D eigenvalue weighted by Crippen LogP contribution is 2.26. The molecule has 2 aromatic rings. The Morgan fingerprint density at radius 2 is 1.73 bits per heavy atom. The van der Waals surface area contributed by atoms with Gasteiger partial charge in [0, 0.05) is 6.54 Å². The van der Waals surface area contributed by atoms with Gasteiger partial charge in [0.15, 0.2) is 0 Å². The van der Waals surface area contributed by atoms with Gasteiger partial charge in [-0.3, -0.25) is 14.3 Å². The number of hydrogen-bond acceptors (Lipinski definition) is 5. The number of primary amides is 1. The van der Waals surface area contributed by atoms with Crippen LogP contribution in [0.15, 0.2) is 64.5 Å². The predicted molar refractivity (Wildman–Crippen MR) is 95.2 cm³/mol. The lowest BCUT2D eigenvalue weighted by molar-refractivity contribution is -0.119. The van der Waals surface area contributed by atoms with Crippen LogP contribution >= 0.6 is 0 Å². The minimum atomic E-state index is -3.88. The first-order chi connectivity index (χ1) is 12.4. The van der Waals surface area contributed by atoms with Crippen LogP contribution in [0.25, 0.3) is 0 Å². The van der Waals surface area contributed by atoms with Crippen molar-refractivity contribution >= 4 is 33.4 Å². The molecule has 2 amide bonds. The highest BCUT2D eigenvalue weighted by molar-refractivity contribution is 7.90. The minimum Gasteiger partial charge on any atom is -0.369 e. The molecule has 4 N–H and O–H groups in total. The van der Waals surface area contributed by atoms with Crippen LogP contribution in [-0.2, 0) is 19.6 Å². The number of para-hydroxylation sites is 1. The molecular weight excluding hydrogens is 356 g/mol. The molecule has 0 aromatic heterocycles. The average Bonchev–Trinajstić information content (AvgIpc) is 2.62. The number of hydrogen-bond donors (Lipinski definition) is 3. The monoisotopic (exact) mass is 372 g/mol. The van der Waals surface area contributed by atoms with E-state index in [1.165, 1.54) is 12.1 Å². The van der Waals surface area contributed by atoms with Gasteiger partial charge in [-0.25, -0.2) is 13.4 Å². The highest BCUT2D eigenvalue weighted by Gasteiger charge is 2.29. The predicted octanol–water partition coefficient (Wildman–Crippen LogP) is 0.394. The summed E-state index contributed by atoms with van der Waals surface area (Å²) < 4.78 is 26.6. The third kappa shape index (κ3) is 3.57. The molecule has 0 radical (unpaired) electrons. The number of carbonyl (C=O) groups excluding carboxylic acids is 2. The molecule has 0 spiro atoms. The average molecular weight is 372 g/mol. The Labute approximate surface area is 150 Å². The Kier molecular flexibility index (Phi) is 4.72. The summed E-state index contributed by atoms with van der Waals surface area (Å²) >= 11 is 0. The van der Waals surface area contributed by atoms with Crippen LogP contribution in [0.2, 0.25) is 0 Å². The summed E-state index contributed by atoms with van der Waals surface area (Å²) in [5.74, 6) is -2.45. The Morgan fingerprint density at radius 3 is 2.42 bits per heavy atom. The van der Waals surface area contributed by atoms with Gasteiger partial charge < -0.3 is 11.1 Å². The Morgan fingerprint density at radius 1 is 1.08 bits per heavy atom. The molecule has 1 unspecified atom stereocenters. The lowest BCUT2D eigenvalue weighted by Gasteiger charge is -2.19. The molecule has 0 aliphatic carbocycles. The van der Waals surface area contributed by atoms with Crippen molar-refractivity contribution in [2.24, 2.45) is 10.7 Å². The summed E-state index contributed by atoms with van der Waals surface area (Å²) in [6.07, 6.45) is 0. The molecule has 0 saturated heterocycles. The maximum Gasteiger partial charge on any atom is 0.287 e. The number of carbonyl (C=O) groups is 2. The smallest absolute Gasteiger partial charge is 0.287 e. The Balaban J connectivity index is 1.78. The third-order valence-electron chi connectivity index (χ3n) is 3.85. The lowest BCUT2D eigenvalue weighted by atomic mass is 9.98. The fourth-order valence-electron chi connectivity index (χ4n) is 2.55. The first kappa shape index (κ1) is 17.6. The lowest BCUT2D eigenvalue weighted by Crippen LogP contribution is -2.46. The van der Waals surface area contributed by atoms with E-state index in [-0.39, 0.29) is 23.0 Å². The number of sulfonamides is 1. The molecule has 26 heavy (non-hydrogen) atoms. The molecule has 9 heteroatoms. The summed E-state index contributed by atoms with van der Waals surface area (Å²) in [5, 5.41) is 2.50. The maximum absolute atomic E-state index is 12.3. The van der Waals surface area contributed by atoms with Crippen molar-refractivity contribution in [2.45, 2.75) is 10.8 Å². The van der Waals surface area contributed by atoms with Crippen LogP contribution < -0.4 is 15.8 Å². The van der Waals surface area contributed by atoms with E-state index in [4.69, 9.17) is 5.73 Å². The van der Waals surface area contributed by atoms with Crippen molar-refractivity contribution < 1.29 is 18.0 Å². The van der Waals surface area contributed by atoms with Gasteiger partial charge in [0.25, 0.3) is 15.9 Å². The zero-order valence-corrected chi connectivity index (χ0v) is 14.4. The van der Waals surface area contributed by atoms with Gasteiger partial charge in [-0.15, -0.1) is 0 Å². The van der Waals surface area contributed by atoms with E-state index < -0.39 is 27.8 Å². The molecule has 1 heterocycles. The van der Waals surface area contributed by atoms with Crippen LogP contribution in [0, 0.1) is 0 Å². The topological polar surface area (TPSA) is 131 Å². The minimum absolute atomic E-state index is 0.00384. The Hall–Kier alpha value is -3.20. The van der Waals surface area contributed by atoms with Crippen LogP contribution in [-0.4, -0.2) is 32.6 Å². The van der Waals surface area contributed by atoms with E-state index in [2.05, 4.69) is 15.0 Å². The second-order valence-electron chi connectivity index (χ2n) is 5.61. The number of nitrogens with two attached hydrogens (primary N) is 1. The number of nitrogens with one attached hydrogen (secondary N) is 2. The number of fused-ring (bicyclic) bond motifs is 1. The number of aliphatic imine (C=N–C) groups is 1. The maximum atomic E-state index is 12.3. The molecule has 3 rings (SSSR count). The molecule has 1 aliphatic rings. The SMILES string of the molecule is NC(=O)C(CNC(=O)C1=Nc2ccccc2S(=O)(=O)N1)c1ccccc1. The van der Waals surface area contributed by atoms with Crippen molar-refractivity contribution in [1.82, 2.24) is 10.0 Å². The van der Waals surface area contributed by atoms with E-state index in [1.807, 2.05) is 0 Å². The summed E-state index contributed by atoms with van der Waals surface area (Å²) in [6.45, 7) is -0.0828. The molecular formula is C17H16N4O4S. The Bertz CT molecular complexity index is 987. The standard InChI is InChI=1S/C17H16N4O4S/c18-15(22)12(11-6-2-1-3-7-11)10-19-17(23)16-20-13-8-4-5-9-14(13)26(24,25)21-16/h1-9,12H,10H2,(H2,18,22)(H,19,23)(H,20,21). The molecule has 0 fully saturated rings. The van der Waals surface area contributed by atoms with Crippen LogP contribution in [0.5, 0.6) is 0 Å². The quantitative estimate of drug-likeness (QED) is 0.701. The third-order valence-corrected chi connectivity index (χ3v) is 5.23. The largest absolute Gasteiger partial charge is 0.369 e. The van der Waals surface area contributed by atoms with Crippen LogP contribution in [0.1, 0.15) is 11.5 Å². The number of rotatable bonds is 5. The molecule has 2 aromatic carbocycles. The number of amides is 2. The first-order valence-corrected chi connectivity index (χ1v) is 9.20. The molecule has 1 atom stereocenters. The van der Waals surface area contributed by atoms with E-state index in [1.54, 1.807) is 42.5 Å². The van der Waals surface area contributed by atoms with Gasteiger partial charge in [-0.05, 0) is 17.7 Å². The second kappa shape index (κ2) is 6.96. The van der Waals surface area contributed by atoms with Crippen molar-refractivity contribution in [2.75, 3.05) is 6.54 Å². The van der Waals surface area contributed by atoms with Crippen molar-refractivity contribution in [3.8, 4) is 0 Å². The molecule has 134 valence electrons. The van der Waals surface area contributed by atoms with Crippen LogP contribution in [0.4, 0.5) is 5.69 Å². The zero-order valence-electron chi connectivity index (χ0n) is 13.5. The van der Waals surface area contributed by atoms with E-state index in [0.717, 1.165) is 0 Å². The zero-order chi connectivity index (χ0) is 18.7. The van der Waals surface area contributed by atoms with Crippen LogP contribution in [0.3, 0.4) is 0 Å². The van der Waals surface area contributed by atoms with Crippen molar-refractivity contribution in [1.29, 1.82) is 0 Å². The number of amidine groups is 1. The summed E-state index contributed by atoms with van der Waals surface area (Å²) in [7, 11) is -3.88. The van der Waals surface area contributed by atoms with E-state index >= 15 is 0 Å². The van der Waals surface area contributed by atoms with Crippen molar-refractivity contribution in [3.05, 3.63) is 60.2 Å². The van der Waals surface area contributed by atoms with Gasteiger partial charge >= 0.3 is 0 Å². The molecule has 1 aliphatic heterocycles. The number of benzene rings is 2. The van der Waals surface area contributed by atoms with E-state index in [0.29, 0.717) is 5.56 Å². The first-order valence-electron chi connectivity index (χ1n) is 7.71. The summed E-state index contributed by atoms with van der Waals surface area (Å²) in [5.41, 5.74) is 6.23. The normalized spacial score (nSPS) is 15.8.